The van der Waals surface area contributed by atoms with Crippen molar-refractivity contribution in [3.8, 4) is 11.8 Å². The largest absolute Gasteiger partial charge is 0.330 e. The van der Waals surface area contributed by atoms with E-state index in [0.717, 1.165) is 16.6 Å². The highest BCUT2D eigenvalue weighted by molar-refractivity contribution is 7.71. The summed E-state index contributed by atoms with van der Waals surface area (Å²) in [5, 5.41) is 8.80. The molecule has 0 atom stereocenters. The summed E-state index contributed by atoms with van der Waals surface area (Å²) in [4.78, 5) is 3.05. The second kappa shape index (κ2) is 4.58. The number of rotatable bonds is 1. The molecule has 0 aliphatic rings. The average Bonchev–Trinajstić information content (AvgIpc) is 2.74. The number of nitrogens with one attached hydrogen (secondary N) is 1. The second-order valence-corrected chi connectivity index (χ2v) is 4.95. The third-order valence-corrected chi connectivity index (χ3v) is 3.44. The summed E-state index contributed by atoms with van der Waals surface area (Å²) < 4.78 is 16.2. The highest BCUT2D eigenvalue weighted by atomic mass is 32.1. The number of aromatic amines is 1. The molecule has 3 aromatic rings. The number of imidazole rings is 1. The molecule has 5 heteroatoms. The van der Waals surface area contributed by atoms with Crippen LogP contribution in [-0.4, -0.2) is 9.55 Å². The van der Waals surface area contributed by atoms with Crippen LogP contribution < -0.4 is 0 Å². The number of nitriles is 1. The molecule has 3 rings (SSSR count). The van der Waals surface area contributed by atoms with E-state index in [4.69, 9.17) is 17.5 Å². The topological polar surface area (TPSA) is 44.5 Å². The van der Waals surface area contributed by atoms with Crippen molar-refractivity contribution in [2.45, 2.75) is 6.92 Å². The van der Waals surface area contributed by atoms with Gasteiger partial charge in [0.25, 0.3) is 0 Å². The van der Waals surface area contributed by atoms with Gasteiger partial charge in [-0.15, -0.1) is 0 Å². The maximum absolute atomic E-state index is 14.2. The van der Waals surface area contributed by atoms with E-state index < -0.39 is 5.82 Å². The molecule has 0 amide bonds. The van der Waals surface area contributed by atoms with Crippen LogP contribution in [-0.2, 0) is 0 Å². The predicted molar refractivity (Wildman–Crippen MR) is 77.9 cm³/mol. The highest BCUT2D eigenvalue weighted by Gasteiger charge is 2.11. The van der Waals surface area contributed by atoms with Crippen molar-refractivity contribution in [3.05, 3.63) is 58.1 Å². The molecule has 3 nitrogen and oxygen atoms in total. The van der Waals surface area contributed by atoms with Gasteiger partial charge < -0.3 is 4.98 Å². The van der Waals surface area contributed by atoms with E-state index in [1.54, 1.807) is 16.7 Å². The van der Waals surface area contributed by atoms with E-state index in [1.165, 1.54) is 6.07 Å². The van der Waals surface area contributed by atoms with Crippen molar-refractivity contribution in [1.82, 2.24) is 9.55 Å². The van der Waals surface area contributed by atoms with Gasteiger partial charge in [-0.1, -0.05) is 6.07 Å². The van der Waals surface area contributed by atoms with Crippen LogP contribution in [0.2, 0.25) is 0 Å². The number of hydrogen-bond acceptors (Lipinski definition) is 2. The van der Waals surface area contributed by atoms with Crippen molar-refractivity contribution in [2.24, 2.45) is 0 Å². The zero-order chi connectivity index (χ0) is 14.3. The Balaban J connectivity index is 2.35. The zero-order valence-corrected chi connectivity index (χ0v) is 11.5. The fourth-order valence-electron chi connectivity index (χ4n) is 2.21. The van der Waals surface area contributed by atoms with Gasteiger partial charge in [0, 0.05) is 0 Å². The lowest BCUT2D eigenvalue weighted by atomic mass is 10.2. The summed E-state index contributed by atoms with van der Waals surface area (Å²) in [5.74, 6) is -0.470. The number of aryl methyl sites for hydroxylation is 1. The van der Waals surface area contributed by atoms with Crippen molar-refractivity contribution in [2.75, 3.05) is 0 Å². The van der Waals surface area contributed by atoms with Crippen LogP contribution in [0.1, 0.15) is 11.1 Å². The first kappa shape index (κ1) is 12.6. The molecule has 0 aliphatic carbocycles. The van der Waals surface area contributed by atoms with E-state index in [2.05, 4.69) is 4.98 Å². The van der Waals surface area contributed by atoms with E-state index in [0.29, 0.717) is 10.5 Å². The molecule has 0 fully saturated rings. The Morgan fingerprint density at radius 3 is 2.75 bits per heavy atom. The van der Waals surface area contributed by atoms with Gasteiger partial charge in [-0.3, -0.25) is 4.57 Å². The van der Waals surface area contributed by atoms with Crippen molar-refractivity contribution < 1.29 is 4.39 Å². The molecule has 0 saturated heterocycles. The summed E-state index contributed by atoms with van der Waals surface area (Å²) >= 11 is 5.27. The molecule has 0 bridgehead atoms. The Kier molecular flexibility index (Phi) is 2.88. The van der Waals surface area contributed by atoms with Gasteiger partial charge in [-0.25, -0.2) is 4.39 Å². The summed E-state index contributed by atoms with van der Waals surface area (Å²) in [6.45, 7) is 1.97. The van der Waals surface area contributed by atoms with Crippen LogP contribution in [0.3, 0.4) is 0 Å². The minimum atomic E-state index is -0.470. The van der Waals surface area contributed by atoms with E-state index in [1.807, 2.05) is 31.2 Å². The first-order chi connectivity index (χ1) is 9.60. The smallest absolute Gasteiger partial charge is 0.182 e. The minimum absolute atomic E-state index is 0.286. The lowest BCUT2D eigenvalue weighted by Gasteiger charge is -2.06. The van der Waals surface area contributed by atoms with Crippen LogP contribution in [0, 0.1) is 28.8 Å². The molecule has 2 aromatic carbocycles. The number of fused-ring (bicyclic) bond motifs is 1. The first-order valence-corrected chi connectivity index (χ1v) is 6.42. The SMILES string of the molecule is Cc1ccc2[nH]c(=S)n(-c3ccc(C#N)cc3F)c2c1. The zero-order valence-electron chi connectivity index (χ0n) is 10.6. The van der Waals surface area contributed by atoms with Gasteiger partial charge in [0.05, 0.1) is 28.4 Å². The van der Waals surface area contributed by atoms with E-state index in [-0.39, 0.29) is 5.56 Å². The molecular formula is C15H10FN3S. The van der Waals surface area contributed by atoms with Gasteiger partial charge in [-0.05, 0) is 55.0 Å². The predicted octanol–water partition coefficient (Wildman–Crippen LogP) is 4.01. The fraction of sp³-hybridized carbons (Fsp3) is 0.0667. The number of nitrogens with zero attached hydrogens (tertiary/aromatic N) is 2. The van der Waals surface area contributed by atoms with Gasteiger partial charge in [0.1, 0.15) is 5.82 Å². The second-order valence-electron chi connectivity index (χ2n) is 4.56. The van der Waals surface area contributed by atoms with Crippen LogP contribution >= 0.6 is 12.2 Å². The van der Waals surface area contributed by atoms with Crippen molar-refractivity contribution in [1.29, 1.82) is 5.26 Å². The van der Waals surface area contributed by atoms with Crippen molar-refractivity contribution >= 4 is 23.3 Å². The maximum Gasteiger partial charge on any atom is 0.182 e. The molecule has 0 spiro atoms. The molecule has 0 unspecified atom stereocenters. The van der Waals surface area contributed by atoms with Crippen LogP contribution in [0.4, 0.5) is 4.39 Å². The molecule has 98 valence electrons. The van der Waals surface area contributed by atoms with E-state index >= 15 is 0 Å². The molecule has 1 aromatic heterocycles. The van der Waals surface area contributed by atoms with Gasteiger partial charge >= 0.3 is 0 Å². The first-order valence-electron chi connectivity index (χ1n) is 6.01. The quantitative estimate of drug-likeness (QED) is 0.686. The van der Waals surface area contributed by atoms with Gasteiger partial charge in [-0.2, -0.15) is 5.26 Å². The Hall–Kier alpha value is -2.45. The van der Waals surface area contributed by atoms with Gasteiger partial charge in [0.2, 0.25) is 0 Å². The molecule has 20 heavy (non-hydrogen) atoms. The fourth-order valence-corrected chi connectivity index (χ4v) is 2.52. The Labute approximate surface area is 119 Å². The normalized spacial score (nSPS) is 10.7. The summed E-state index contributed by atoms with van der Waals surface area (Å²) in [6, 6.07) is 12.1. The number of aromatic nitrogens is 2. The molecule has 0 saturated carbocycles. The lowest BCUT2D eigenvalue weighted by molar-refractivity contribution is 0.618. The van der Waals surface area contributed by atoms with Crippen LogP contribution in [0.15, 0.2) is 36.4 Å². The average molecular weight is 283 g/mol. The monoisotopic (exact) mass is 283 g/mol. The van der Waals surface area contributed by atoms with E-state index in [9.17, 15) is 4.39 Å². The molecular weight excluding hydrogens is 273 g/mol. The molecule has 1 heterocycles. The summed E-state index contributed by atoms with van der Waals surface area (Å²) in [6.07, 6.45) is 0. The molecule has 1 N–H and O–H groups in total. The number of halogens is 1. The lowest BCUT2D eigenvalue weighted by Crippen LogP contribution is -1.98. The third-order valence-electron chi connectivity index (χ3n) is 3.16. The highest BCUT2D eigenvalue weighted by Crippen LogP contribution is 2.23. The Morgan fingerprint density at radius 1 is 1.25 bits per heavy atom. The Morgan fingerprint density at radius 2 is 2.05 bits per heavy atom. The van der Waals surface area contributed by atoms with Crippen LogP contribution in [0.25, 0.3) is 16.7 Å². The number of hydrogen-bond donors (Lipinski definition) is 1. The number of benzene rings is 2. The minimum Gasteiger partial charge on any atom is -0.330 e. The Bertz CT molecular complexity index is 915. The molecule has 0 radical (unpaired) electrons. The standard InChI is InChI=1S/C15H10FN3S/c1-9-2-4-12-14(6-9)19(15(20)18-12)13-5-3-10(8-17)7-11(13)16/h2-7H,1H3,(H,18,20). The summed E-state index contributed by atoms with van der Waals surface area (Å²) in [5.41, 5.74) is 3.36. The van der Waals surface area contributed by atoms with Gasteiger partial charge in [0.15, 0.2) is 4.77 Å². The van der Waals surface area contributed by atoms with Crippen LogP contribution in [0.5, 0.6) is 0 Å². The number of H-pyrrole nitrogens is 1. The van der Waals surface area contributed by atoms with Crippen molar-refractivity contribution in [3.63, 3.8) is 0 Å². The third kappa shape index (κ3) is 1.91. The summed E-state index contributed by atoms with van der Waals surface area (Å²) in [7, 11) is 0. The molecule has 0 aliphatic heterocycles. The maximum atomic E-state index is 14.2.